The Labute approximate surface area is 277 Å². The van der Waals surface area contributed by atoms with Gasteiger partial charge in [-0.25, -0.2) is 0 Å². The van der Waals surface area contributed by atoms with Gasteiger partial charge in [-0.3, -0.25) is 4.79 Å². The van der Waals surface area contributed by atoms with Crippen LogP contribution >= 0.6 is 46.4 Å². The Morgan fingerprint density at radius 2 is 1.52 bits per heavy atom. The Hall–Kier alpha value is -2.76. The minimum Gasteiger partial charge on any atom is -0.871 e. The quantitative estimate of drug-likeness (QED) is 0.188. The normalized spacial score (nSPS) is 22.6. The number of carbonyl (C=O) groups excluding carboxylic acids is 1. The standard InChI is InChI=1S/C36H32Cl4N2O2/c1-19-3-5-23-15-29(41(33(19)23)13-11-21-7-9-25(37)17-27(21)39)31-35(43)32(36(31)44)30-16-24-6-4-20(2)34(24)42(30)14-12-22-8-10-26(38)18-28(22)40/h7-10,15-20H,3-6,11-14H2,1-2H3. The van der Waals surface area contributed by atoms with Crippen LogP contribution in [0.5, 0.6) is 0 Å². The summed E-state index contributed by atoms with van der Waals surface area (Å²) in [6.07, 6.45) is 7.45. The highest BCUT2D eigenvalue weighted by Crippen LogP contribution is 2.45. The molecule has 1 fully saturated rings. The number of hydrogen-bond donors (Lipinski definition) is 0. The molecule has 2 atom stereocenters. The lowest BCUT2D eigenvalue weighted by atomic mass is 9.84. The van der Waals surface area contributed by atoms with Crippen LogP contribution in [-0.2, 0) is 30.6 Å². The number of rotatable bonds is 7. The van der Waals surface area contributed by atoms with E-state index in [2.05, 4.69) is 35.1 Å². The summed E-state index contributed by atoms with van der Waals surface area (Å²) >= 11 is 25.3. The van der Waals surface area contributed by atoms with Crippen LogP contribution in [0, 0.1) is 5.92 Å². The second-order valence-corrected chi connectivity index (χ2v) is 14.1. The number of aryl methyl sites for hydroxylation is 2. The summed E-state index contributed by atoms with van der Waals surface area (Å²) < 4.78 is 4.40. The topological polar surface area (TPSA) is 48.1 Å². The van der Waals surface area contributed by atoms with E-state index in [0.717, 1.165) is 48.2 Å². The molecule has 4 nitrogen and oxygen atoms in total. The molecule has 2 heterocycles. The van der Waals surface area contributed by atoms with Gasteiger partial charge in [-0.15, -0.1) is 0 Å². The minimum atomic E-state index is -0.167. The maximum Gasteiger partial charge on any atom is 0.216 e. The smallest absolute Gasteiger partial charge is 0.216 e. The number of aromatic nitrogens is 1. The zero-order chi connectivity index (χ0) is 30.9. The summed E-state index contributed by atoms with van der Waals surface area (Å²) in [6.45, 7) is 5.69. The Morgan fingerprint density at radius 3 is 2.18 bits per heavy atom. The highest BCUT2D eigenvalue weighted by Gasteiger charge is 2.44. The van der Waals surface area contributed by atoms with Gasteiger partial charge in [0.15, 0.2) is 12.3 Å². The van der Waals surface area contributed by atoms with Crippen LogP contribution in [0.1, 0.15) is 67.1 Å². The highest BCUT2D eigenvalue weighted by atomic mass is 35.5. The van der Waals surface area contributed by atoms with Crippen LogP contribution in [0.4, 0.5) is 0 Å². The van der Waals surface area contributed by atoms with Crippen molar-refractivity contribution >= 4 is 63.5 Å². The van der Waals surface area contributed by atoms with Gasteiger partial charge >= 0.3 is 0 Å². The van der Waals surface area contributed by atoms with Crippen LogP contribution in [0.15, 0.2) is 71.1 Å². The first-order valence-electron chi connectivity index (χ1n) is 15.3. The van der Waals surface area contributed by atoms with Gasteiger partial charge < -0.3 is 9.67 Å². The molecule has 1 aromatic heterocycles. The molecule has 1 aliphatic heterocycles. The van der Waals surface area contributed by atoms with E-state index in [1.54, 1.807) is 12.1 Å². The fourth-order valence-electron chi connectivity index (χ4n) is 7.49. The molecule has 0 bridgehead atoms. The van der Waals surface area contributed by atoms with Crippen molar-refractivity contribution in [1.82, 2.24) is 4.57 Å². The molecular weight excluding hydrogens is 634 g/mol. The van der Waals surface area contributed by atoms with Gasteiger partial charge in [-0.1, -0.05) is 78.1 Å². The first-order chi connectivity index (χ1) is 21.1. The largest absolute Gasteiger partial charge is 0.871 e. The zero-order valence-corrected chi connectivity index (χ0v) is 27.7. The predicted molar refractivity (Wildman–Crippen MR) is 177 cm³/mol. The van der Waals surface area contributed by atoms with Crippen LogP contribution in [0.3, 0.4) is 0 Å². The average molecular weight is 666 g/mol. The number of ketones is 1. The van der Waals surface area contributed by atoms with Crippen molar-refractivity contribution in [3.63, 3.8) is 0 Å². The number of hydrogen-bond acceptors (Lipinski definition) is 2. The molecule has 0 spiro atoms. The Kier molecular flexibility index (Phi) is 7.86. The molecule has 226 valence electrons. The van der Waals surface area contributed by atoms with E-state index in [4.69, 9.17) is 46.4 Å². The molecule has 8 heteroatoms. The van der Waals surface area contributed by atoms with Crippen molar-refractivity contribution in [3.8, 4) is 0 Å². The zero-order valence-electron chi connectivity index (χ0n) is 24.7. The molecule has 7 rings (SSSR count). The highest BCUT2D eigenvalue weighted by molar-refractivity contribution is 6.39. The van der Waals surface area contributed by atoms with Gasteiger partial charge in [0.25, 0.3) is 0 Å². The summed E-state index contributed by atoms with van der Waals surface area (Å²) in [5.41, 5.74) is 8.94. The minimum absolute atomic E-state index is 0.167. The molecule has 2 aromatic carbocycles. The number of benzene rings is 2. The molecule has 44 heavy (non-hydrogen) atoms. The summed E-state index contributed by atoms with van der Waals surface area (Å²) in [5.74, 6) is 0.378. The summed E-state index contributed by atoms with van der Waals surface area (Å²) in [6, 6.07) is 13.2. The van der Waals surface area contributed by atoms with Crippen molar-refractivity contribution in [2.24, 2.45) is 5.92 Å². The lowest BCUT2D eigenvalue weighted by Gasteiger charge is -2.31. The summed E-state index contributed by atoms with van der Waals surface area (Å²) in [7, 11) is 0. The molecule has 1 saturated carbocycles. The molecular formula is C36H32Cl4N2O2. The number of fused-ring (bicyclic) bond motifs is 2. The van der Waals surface area contributed by atoms with Crippen molar-refractivity contribution in [2.75, 3.05) is 6.54 Å². The number of carbonyl (C=O) groups is 1. The fraction of sp³-hybridized carbons (Fsp3) is 0.333. The summed E-state index contributed by atoms with van der Waals surface area (Å²) in [4.78, 5) is 14.0. The predicted octanol–water partition coefficient (Wildman–Crippen LogP) is 8.37. The van der Waals surface area contributed by atoms with E-state index < -0.39 is 0 Å². The van der Waals surface area contributed by atoms with E-state index in [9.17, 15) is 9.90 Å². The second kappa shape index (κ2) is 11.6. The number of allylic oxidation sites excluding steroid dienone is 4. The first-order valence-corrected chi connectivity index (χ1v) is 16.8. The van der Waals surface area contributed by atoms with E-state index in [-0.39, 0.29) is 11.5 Å². The SMILES string of the molecule is CC1CCC2=CC(=C3C(=O)C(c4cc5c(n4CCc4ccc(Cl)cc4Cl)C(C)CC5)=C3[O-])[N+](CCc3ccc(Cl)cc3Cl)=C21. The van der Waals surface area contributed by atoms with Crippen molar-refractivity contribution in [1.29, 1.82) is 0 Å². The van der Waals surface area contributed by atoms with Crippen LogP contribution in [0.2, 0.25) is 20.1 Å². The van der Waals surface area contributed by atoms with Crippen molar-refractivity contribution in [2.45, 2.75) is 64.8 Å². The molecule has 0 N–H and O–H groups in total. The van der Waals surface area contributed by atoms with Gasteiger partial charge in [0.1, 0.15) is 0 Å². The van der Waals surface area contributed by atoms with Gasteiger partial charge in [0.2, 0.25) is 11.5 Å². The molecule has 0 saturated heterocycles. The molecule has 3 aliphatic carbocycles. The molecule has 0 radical (unpaired) electrons. The average Bonchev–Trinajstić information content (AvgIpc) is 3.71. The van der Waals surface area contributed by atoms with Gasteiger partial charge in [0.05, 0.1) is 11.3 Å². The molecule has 2 unspecified atom stereocenters. The Balaban J connectivity index is 1.26. The lowest BCUT2D eigenvalue weighted by molar-refractivity contribution is -0.471. The third-order valence-electron chi connectivity index (χ3n) is 9.73. The Morgan fingerprint density at radius 1 is 0.864 bits per heavy atom. The van der Waals surface area contributed by atoms with E-state index in [1.807, 2.05) is 24.3 Å². The third-order valence-corrected chi connectivity index (χ3v) is 10.9. The van der Waals surface area contributed by atoms with E-state index in [1.165, 1.54) is 22.5 Å². The van der Waals surface area contributed by atoms with Gasteiger partial charge in [-0.2, -0.15) is 4.58 Å². The van der Waals surface area contributed by atoms with Crippen LogP contribution < -0.4 is 5.11 Å². The fourth-order valence-corrected chi connectivity index (χ4v) is 8.50. The second-order valence-electron chi connectivity index (χ2n) is 12.4. The van der Waals surface area contributed by atoms with Crippen LogP contribution in [0.25, 0.3) is 5.57 Å². The maximum atomic E-state index is 14.0. The first kappa shape index (κ1) is 29.9. The summed E-state index contributed by atoms with van der Waals surface area (Å²) in [5, 5.41) is 16.5. The Bertz CT molecular complexity index is 1880. The number of nitrogens with zero attached hydrogens (tertiary/aromatic N) is 2. The van der Waals surface area contributed by atoms with Crippen molar-refractivity contribution < 1.29 is 14.5 Å². The molecule has 0 amide bonds. The van der Waals surface area contributed by atoms with E-state index >= 15 is 0 Å². The van der Waals surface area contributed by atoms with Gasteiger partial charge in [0, 0.05) is 61.9 Å². The molecule has 4 aliphatic rings. The number of halogens is 4. The third kappa shape index (κ3) is 4.99. The van der Waals surface area contributed by atoms with Crippen molar-refractivity contribution in [3.05, 3.63) is 119 Å². The number of Topliss-reactive ketones (excluding diaryl/α,β-unsaturated/α-hetero) is 1. The maximum absolute atomic E-state index is 14.0. The molecule has 3 aromatic rings. The van der Waals surface area contributed by atoms with Crippen LogP contribution in [-0.4, -0.2) is 27.2 Å². The van der Waals surface area contributed by atoms with E-state index in [0.29, 0.717) is 69.0 Å². The lowest BCUT2D eigenvalue weighted by Crippen LogP contribution is -2.34. The monoisotopic (exact) mass is 664 g/mol. The van der Waals surface area contributed by atoms with Gasteiger partial charge in [-0.05, 0) is 85.0 Å².